The van der Waals surface area contributed by atoms with Gasteiger partial charge in [0.05, 0.1) is 6.21 Å². The first-order chi connectivity index (χ1) is 12.9. The lowest BCUT2D eigenvalue weighted by atomic mass is 9.96. The summed E-state index contributed by atoms with van der Waals surface area (Å²) in [7, 11) is 0. The summed E-state index contributed by atoms with van der Waals surface area (Å²) in [4.78, 5) is 0. The molecule has 140 valence electrons. The Balaban J connectivity index is 1.84. The second kappa shape index (κ2) is 8.63. The molecule has 0 unspecified atom stereocenters. The molecule has 27 heavy (non-hydrogen) atoms. The summed E-state index contributed by atoms with van der Waals surface area (Å²) in [6, 6.07) is 16.2. The number of nitrogens with zero attached hydrogens (tertiary/aromatic N) is 3. The van der Waals surface area contributed by atoms with Gasteiger partial charge in [0.25, 0.3) is 0 Å². The van der Waals surface area contributed by atoms with Crippen molar-refractivity contribution in [3.05, 3.63) is 80.8 Å². The molecule has 0 aliphatic heterocycles. The molecule has 6 heteroatoms. The third-order valence-electron chi connectivity index (χ3n) is 4.38. The van der Waals surface area contributed by atoms with E-state index in [2.05, 4.69) is 60.3 Å². The highest BCUT2D eigenvalue weighted by Crippen LogP contribution is 2.23. The lowest BCUT2D eigenvalue weighted by molar-refractivity contribution is 0.646. The number of nitrogens with one attached hydrogen (secondary N) is 1. The fourth-order valence-electron chi connectivity index (χ4n) is 2.93. The summed E-state index contributed by atoms with van der Waals surface area (Å²) in [6.45, 7) is 6.57. The molecular weight excluding hydrogens is 376 g/mol. The molecule has 0 fully saturated rings. The molecule has 0 radical (unpaired) electrons. The molecular formula is C21H23ClN4S. The molecule has 0 aliphatic rings. The maximum Gasteiger partial charge on any atom is 0.216 e. The molecule has 3 rings (SSSR count). The SMILES string of the molecule is CC(C)Cc1ccc([C@@H](C)c2n[nH]c(=S)n2/N=C/c2ccc(Cl)cc2)cc1. The lowest BCUT2D eigenvalue weighted by Gasteiger charge is -2.12. The normalized spacial score (nSPS) is 12.8. The van der Waals surface area contributed by atoms with Crippen molar-refractivity contribution in [3.8, 4) is 0 Å². The van der Waals surface area contributed by atoms with Crippen LogP contribution in [0.2, 0.25) is 5.02 Å². The van der Waals surface area contributed by atoms with E-state index in [0.29, 0.717) is 15.7 Å². The van der Waals surface area contributed by atoms with Gasteiger partial charge in [-0.3, -0.25) is 5.10 Å². The van der Waals surface area contributed by atoms with Crippen LogP contribution >= 0.6 is 23.8 Å². The summed E-state index contributed by atoms with van der Waals surface area (Å²) < 4.78 is 2.15. The Labute approximate surface area is 169 Å². The van der Waals surface area contributed by atoms with Crippen LogP contribution in [-0.2, 0) is 6.42 Å². The van der Waals surface area contributed by atoms with E-state index in [-0.39, 0.29) is 5.92 Å². The summed E-state index contributed by atoms with van der Waals surface area (Å²) in [5, 5.41) is 12.5. The van der Waals surface area contributed by atoms with E-state index < -0.39 is 0 Å². The largest absolute Gasteiger partial charge is 0.250 e. The van der Waals surface area contributed by atoms with Gasteiger partial charge >= 0.3 is 0 Å². The van der Waals surface area contributed by atoms with Gasteiger partial charge in [-0.05, 0) is 53.4 Å². The third-order valence-corrected chi connectivity index (χ3v) is 4.89. The molecule has 0 bridgehead atoms. The summed E-state index contributed by atoms with van der Waals surface area (Å²) >= 11 is 11.3. The van der Waals surface area contributed by atoms with Crippen molar-refractivity contribution in [2.24, 2.45) is 11.0 Å². The Kier molecular flexibility index (Phi) is 6.24. The number of hydrogen-bond donors (Lipinski definition) is 1. The topological polar surface area (TPSA) is 46.0 Å². The fraction of sp³-hybridized carbons (Fsp3) is 0.286. The van der Waals surface area contributed by atoms with Crippen molar-refractivity contribution < 1.29 is 0 Å². The molecule has 0 aliphatic carbocycles. The number of halogens is 1. The van der Waals surface area contributed by atoms with E-state index in [9.17, 15) is 0 Å². The van der Waals surface area contributed by atoms with Crippen LogP contribution in [0.3, 0.4) is 0 Å². The van der Waals surface area contributed by atoms with Gasteiger partial charge in [-0.2, -0.15) is 14.9 Å². The molecule has 0 saturated carbocycles. The van der Waals surface area contributed by atoms with Crippen molar-refractivity contribution >= 4 is 30.0 Å². The van der Waals surface area contributed by atoms with Gasteiger partial charge < -0.3 is 0 Å². The number of hydrogen-bond acceptors (Lipinski definition) is 3. The zero-order chi connectivity index (χ0) is 19.4. The van der Waals surface area contributed by atoms with Gasteiger partial charge in [0.1, 0.15) is 0 Å². The molecule has 1 N–H and O–H groups in total. The maximum atomic E-state index is 5.93. The molecule has 0 saturated heterocycles. The Morgan fingerprint density at radius 2 is 1.78 bits per heavy atom. The van der Waals surface area contributed by atoms with Gasteiger partial charge in [0.15, 0.2) is 5.82 Å². The summed E-state index contributed by atoms with van der Waals surface area (Å²) in [5.74, 6) is 1.49. The highest BCUT2D eigenvalue weighted by atomic mass is 35.5. The first kappa shape index (κ1) is 19.5. The first-order valence-corrected chi connectivity index (χ1v) is 9.78. The number of H-pyrrole nitrogens is 1. The Hall–Kier alpha value is -2.24. The van der Waals surface area contributed by atoms with Gasteiger partial charge in [0.2, 0.25) is 4.77 Å². The standard InChI is InChI=1S/C21H23ClN4S/c1-14(2)12-16-4-8-18(9-5-16)15(3)20-24-25-21(27)26(20)23-13-17-6-10-19(22)11-7-17/h4-11,13-15H,12H2,1-3H3,(H,25,27)/b23-13+/t15-/m1/s1. The molecule has 3 aromatic rings. The minimum Gasteiger partial charge on any atom is -0.250 e. The molecule has 1 heterocycles. The smallest absolute Gasteiger partial charge is 0.216 e. The zero-order valence-electron chi connectivity index (χ0n) is 15.7. The van der Waals surface area contributed by atoms with Gasteiger partial charge in [-0.15, -0.1) is 0 Å². The molecule has 0 spiro atoms. The van der Waals surface area contributed by atoms with Crippen LogP contribution < -0.4 is 0 Å². The zero-order valence-corrected chi connectivity index (χ0v) is 17.3. The molecule has 4 nitrogen and oxygen atoms in total. The summed E-state index contributed by atoms with van der Waals surface area (Å²) in [6.07, 6.45) is 2.84. The number of rotatable bonds is 6. The highest BCUT2D eigenvalue weighted by molar-refractivity contribution is 7.71. The Morgan fingerprint density at radius 1 is 1.11 bits per heavy atom. The molecule has 0 amide bonds. The minimum absolute atomic E-state index is 0.0633. The van der Waals surface area contributed by atoms with Gasteiger partial charge in [0, 0.05) is 10.9 Å². The van der Waals surface area contributed by atoms with Crippen molar-refractivity contribution in [3.63, 3.8) is 0 Å². The second-order valence-electron chi connectivity index (χ2n) is 7.06. The van der Waals surface area contributed by atoms with Crippen LogP contribution in [0.1, 0.15) is 49.2 Å². The number of aromatic amines is 1. The fourth-order valence-corrected chi connectivity index (χ4v) is 3.24. The lowest BCUT2D eigenvalue weighted by Crippen LogP contribution is -2.05. The van der Waals surface area contributed by atoms with Crippen LogP contribution in [0.4, 0.5) is 0 Å². The molecule has 1 atom stereocenters. The minimum atomic E-state index is 0.0633. The number of benzene rings is 2. The van der Waals surface area contributed by atoms with Crippen molar-refractivity contribution in [2.45, 2.75) is 33.1 Å². The predicted molar refractivity (Wildman–Crippen MR) is 114 cm³/mol. The van der Waals surface area contributed by atoms with Crippen LogP contribution in [0, 0.1) is 10.7 Å². The van der Waals surface area contributed by atoms with E-state index in [0.717, 1.165) is 17.8 Å². The van der Waals surface area contributed by atoms with Crippen LogP contribution in [-0.4, -0.2) is 21.1 Å². The molecule has 2 aromatic carbocycles. The highest BCUT2D eigenvalue weighted by Gasteiger charge is 2.16. The average molecular weight is 399 g/mol. The van der Waals surface area contributed by atoms with Crippen LogP contribution in [0.5, 0.6) is 0 Å². The van der Waals surface area contributed by atoms with Crippen LogP contribution in [0.15, 0.2) is 53.6 Å². The Morgan fingerprint density at radius 3 is 2.41 bits per heavy atom. The monoisotopic (exact) mass is 398 g/mol. The van der Waals surface area contributed by atoms with E-state index in [1.54, 1.807) is 10.9 Å². The quantitative estimate of drug-likeness (QED) is 0.419. The van der Waals surface area contributed by atoms with Crippen molar-refractivity contribution in [2.75, 3.05) is 0 Å². The first-order valence-electron chi connectivity index (χ1n) is 9.00. The van der Waals surface area contributed by atoms with Crippen LogP contribution in [0.25, 0.3) is 0 Å². The molecule has 1 aromatic heterocycles. The van der Waals surface area contributed by atoms with Gasteiger partial charge in [-0.1, -0.05) is 68.8 Å². The predicted octanol–water partition coefficient (Wildman–Crippen LogP) is 5.83. The maximum absolute atomic E-state index is 5.93. The van der Waals surface area contributed by atoms with E-state index >= 15 is 0 Å². The van der Waals surface area contributed by atoms with Crippen molar-refractivity contribution in [1.29, 1.82) is 0 Å². The van der Waals surface area contributed by atoms with Crippen molar-refractivity contribution in [1.82, 2.24) is 14.9 Å². The summed E-state index contributed by atoms with van der Waals surface area (Å²) in [5.41, 5.74) is 3.47. The second-order valence-corrected chi connectivity index (χ2v) is 7.88. The average Bonchev–Trinajstić information content (AvgIpc) is 3.01. The number of aromatic nitrogens is 3. The Bertz CT molecular complexity index is 969. The van der Waals surface area contributed by atoms with E-state index in [1.807, 2.05) is 24.3 Å². The third kappa shape index (κ3) is 4.93. The van der Waals surface area contributed by atoms with Gasteiger partial charge in [-0.25, -0.2) is 0 Å². The van der Waals surface area contributed by atoms with E-state index in [4.69, 9.17) is 23.8 Å². The van der Waals surface area contributed by atoms with E-state index in [1.165, 1.54) is 11.1 Å².